The second-order valence-corrected chi connectivity index (χ2v) is 12.5. The van der Waals surface area contributed by atoms with Gasteiger partial charge in [-0.15, -0.1) is 5.10 Å². The number of carbonyl (C=O) groups excluding carboxylic acids is 1. The predicted molar refractivity (Wildman–Crippen MR) is 173 cm³/mol. The number of hydrogen-bond acceptors (Lipinski definition) is 7. The van der Waals surface area contributed by atoms with Gasteiger partial charge in [-0.2, -0.15) is 0 Å². The first kappa shape index (κ1) is 30.3. The molecule has 8 nitrogen and oxygen atoms in total. The molecule has 6 rings (SSSR count). The standard InChI is InChI=1S/C36H45N5O3/c1-27(2)43-35(42)36(20-9-10-21-36)31-26-41-33(38-31)17-16-32(39-41)37-22-11-23-40-24-18-30(19-25-40)44-34(28-12-5-3-6-13-28)29-14-7-4-8-15-29/h3-8,12-17,26-27,30,34H,9-11,18-25H2,1-2H3,(H,37,39). The largest absolute Gasteiger partial charge is 0.462 e. The van der Waals surface area contributed by atoms with E-state index in [1.165, 1.54) is 11.1 Å². The lowest BCUT2D eigenvalue weighted by Crippen LogP contribution is -2.38. The summed E-state index contributed by atoms with van der Waals surface area (Å²) in [5.74, 6) is 0.654. The molecule has 1 saturated heterocycles. The lowest BCUT2D eigenvalue weighted by Gasteiger charge is -2.34. The molecular formula is C36H45N5O3. The van der Waals surface area contributed by atoms with Crippen molar-refractivity contribution in [2.45, 2.75) is 82.5 Å². The highest BCUT2D eigenvalue weighted by Crippen LogP contribution is 2.42. The van der Waals surface area contributed by atoms with E-state index >= 15 is 0 Å². The van der Waals surface area contributed by atoms with Crippen LogP contribution in [0.25, 0.3) is 5.65 Å². The number of benzene rings is 2. The van der Waals surface area contributed by atoms with Crippen molar-refractivity contribution in [3.63, 3.8) is 0 Å². The number of ether oxygens (including phenoxy) is 2. The van der Waals surface area contributed by atoms with Gasteiger partial charge in [0.25, 0.3) is 0 Å². The Hall–Kier alpha value is -3.75. The molecule has 44 heavy (non-hydrogen) atoms. The Morgan fingerprint density at radius 3 is 2.25 bits per heavy atom. The van der Waals surface area contributed by atoms with Gasteiger partial charge in [0.1, 0.15) is 17.3 Å². The number of piperidine rings is 1. The van der Waals surface area contributed by atoms with E-state index < -0.39 is 5.41 Å². The van der Waals surface area contributed by atoms with Crippen molar-refractivity contribution in [3.8, 4) is 0 Å². The molecule has 1 aliphatic carbocycles. The lowest BCUT2D eigenvalue weighted by atomic mass is 9.83. The third-order valence-electron chi connectivity index (χ3n) is 9.03. The van der Waals surface area contributed by atoms with Gasteiger partial charge in [0, 0.05) is 19.6 Å². The summed E-state index contributed by atoms with van der Waals surface area (Å²) in [6.07, 6.45) is 8.66. The van der Waals surface area contributed by atoms with Gasteiger partial charge < -0.3 is 19.7 Å². The van der Waals surface area contributed by atoms with Crippen LogP contribution in [0.4, 0.5) is 5.82 Å². The molecule has 1 N–H and O–H groups in total. The molecule has 3 heterocycles. The fraction of sp³-hybridized carbons (Fsp3) is 0.472. The van der Waals surface area contributed by atoms with Gasteiger partial charge in [0.2, 0.25) is 0 Å². The molecular weight excluding hydrogens is 550 g/mol. The van der Waals surface area contributed by atoms with Gasteiger partial charge in [-0.1, -0.05) is 73.5 Å². The van der Waals surface area contributed by atoms with Crippen LogP contribution in [0.5, 0.6) is 0 Å². The summed E-state index contributed by atoms with van der Waals surface area (Å²) < 4.78 is 14.2. The molecule has 2 aromatic heterocycles. The lowest BCUT2D eigenvalue weighted by molar-refractivity contribution is -0.154. The Morgan fingerprint density at radius 1 is 0.955 bits per heavy atom. The number of carbonyl (C=O) groups is 1. The zero-order valence-corrected chi connectivity index (χ0v) is 26.0. The Bertz CT molecular complexity index is 1450. The van der Waals surface area contributed by atoms with E-state index in [2.05, 4.69) is 70.9 Å². The van der Waals surface area contributed by atoms with Gasteiger partial charge >= 0.3 is 5.97 Å². The third kappa shape index (κ3) is 6.97. The smallest absolute Gasteiger partial charge is 0.318 e. The minimum Gasteiger partial charge on any atom is -0.462 e. The summed E-state index contributed by atoms with van der Waals surface area (Å²) in [6, 6.07) is 25.0. The summed E-state index contributed by atoms with van der Waals surface area (Å²) in [7, 11) is 0. The van der Waals surface area contributed by atoms with E-state index in [1.807, 2.05) is 32.2 Å². The highest BCUT2D eigenvalue weighted by atomic mass is 16.5. The third-order valence-corrected chi connectivity index (χ3v) is 9.03. The van der Waals surface area contributed by atoms with Gasteiger partial charge in [-0.25, -0.2) is 9.50 Å². The predicted octanol–water partition coefficient (Wildman–Crippen LogP) is 6.57. The molecule has 0 spiro atoms. The quantitative estimate of drug-likeness (QED) is 0.147. The molecule has 0 unspecified atom stereocenters. The molecule has 0 bridgehead atoms. The van der Waals surface area contributed by atoms with Crippen molar-refractivity contribution in [1.82, 2.24) is 19.5 Å². The first-order valence-corrected chi connectivity index (χ1v) is 16.3. The number of aromatic nitrogens is 3. The molecule has 0 radical (unpaired) electrons. The van der Waals surface area contributed by atoms with E-state index in [0.717, 1.165) is 88.3 Å². The molecule has 1 aliphatic heterocycles. The van der Waals surface area contributed by atoms with E-state index in [9.17, 15) is 4.79 Å². The molecule has 2 aliphatic rings. The average molecular weight is 596 g/mol. The number of hydrogen-bond donors (Lipinski definition) is 1. The van der Waals surface area contributed by atoms with Crippen LogP contribution in [0.15, 0.2) is 79.0 Å². The molecule has 8 heteroatoms. The van der Waals surface area contributed by atoms with Gasteiger partial charge in [-0.05, 0) is 75.8 Å². The zero-order valence-electron chi connectivity index (χ0n) is 26.0. The number of nitrogens with zero attached hydrogens (tertiary/aromatic N) is 4. The van der Waals surface area contributed by atoms with Gasteiger partial charge in [0.15, 0.2) is 5.65 Å². The fourth-order valence-corrected chi connectivity index (χ4v) is 6.66. The molecule has 232 valence electrons. The summed E-state index contributed by atoms with van der Waals surface area (Å²) >= 11 is 0. The Labute approximate surface area is 260 Å². The Morgan fingerprint density at radius 2 is 1.61 bits per heavy atom. The van der Waals surface area contributed by atoms with Crippen LogP contribution in [-0.4, -0.2) is 63.9 Å². The van der Waals surface area contributed by atoms with Crippen LogP contribution in [0.3, 0.4) is 0 Å². The van der Waals surface area contributed by atoms with Crippen molar-refractivity contribution < 1.29 is 14.3 Å². The monoisotopic (exact) mass is 595 g/mol. The minimum absolute atomic E-state index is 0.0351. The normalized spacial score (nSPS) is 17.5. The number of likely N-dealkylation sites (tertiary alicyclic amines) is 1. The van der Waals surface area contributed by atoms with Crippen molar-refractivity contribution in [3.05, 3.63) is 95.8 Å². The second kappa shape index (κ2) is 13.9. The van der Waals surface area contributed by atoms with Crippen LogP contribution in [-0.2, 0) is 19.7 Å². The first-order valence-electron chi connectivity index (χ1n) is 16.3. The number of imidazole rings is 1. The number of esters is 1. The maximum atomic E-state index is 13.1. The Kier molecular flexibility index (Phi) is 9.57. The van der Waals surface area contributed by atoms with E-state index in [-0.39, 0.29) is 24.3 Å². The maximum absolute atomic E-state index is 13.1. The van der Waals surface area contributed by atoms with E-state index in [0.29, 0.717) is 0 Å². The summed E-state index contributed by atoms with van der Waals surface area (Å²) in [5, 5.41) is 8.23. The first-order chi connectivity index (χ1) is 21.5. The van der Waals surface area contributed by atoms with Crippen molar-refractivity contribution in [2.24, 2.45) is 0 Å². The van der Waals surface area contributed by atoms with Crippen molar-refractivity contribution in [1.29, 1.82) is 0 Å². The van der Waals surface area contributed by atoms with Gasteiger partial charge in [0.05, 0.1) is 24.1 Å². The van der Waals surface area contributed by atoms with Crippen molar-refractivity contribution >= 4 is 17.4 Å². The van der Waals surface area contributed by atoms with E-state index in [4.69, 9.17) is 19.6 Å². The molecule has 2 aromatic carbocycles. The highest BCUT2D eigenvalue weighted by molar-refractivity contribution is 5.83. The minimum atomic E-state index is -0.659. The topological polar surface area (TPSA) is 81.0 Å². The summed E-state index contributed by atoms with van der Waals surface area (Å²) in [6.45, 7) is 7.76. The summed E-state index contributed by atoms with van der Waals surface area (Å²) in [5.41, 5.74) is 3.28. The Balaban J connectivity index is 0.983. The van der Waals surface area contributed by atoms with Gasteiger partial charge in [-0.3, -0.25) is 4.79 Å². The second-order valence-electron chi connectivity index (χ2n) is 12.5. The molecule has 4 aromatic rings. The number of fused-ring (bicyclic) bond motifs is 1. The molecule has 2 fully saturated rings. The van der Waals surface area contributed by atoms with Crippen LogP contribution < -0.4 is 5.32 Å². The van der Waals surface area contributed by atoms with E-state index in [1.54, 1.807) is 4.52 Å². The average Bonchev–Trinajstić information content (AvgIpc) is 3.72. The summed E-state index contributed by atoms with van der Waals surface area (Å²) in [4.78, 5) is 20.4. The van der Waals surface area contributed by atoms with Crippen molar-refractivity contribution in [2.75, 3.05) is 31.5 Å². The highest BCUT2D eigenvalue weighted by Gasteiger charge is 2.46. The van der Waals surface area contributed by atoms with Crippen LogP contribution in [0.2, 0.25) is 0 Å². The zero-order chi connectivity index (χ0) is 30.4. The molecule has 1 saturated carbocycles. The number of nitrogens with one attached hydrogen (secondary N) is 1. The van der Waals surface area contributed by atoms with Crippen LogP contribution in [0.1, 0.15) is 81.7 Å². The van der Waals surface area contributed by atoms with Crippen LogP contribution in [0, 0.1) is 0 Å². The number of rotatable bonds is 12. The molecule has 0 atom stereocenters. The molecule has 0 amide bonds. The maximum Gasteiger partial charge on any atom is 0.318 e. The SMILES string of the molecule is CC(C)OC(=O)C1(c2cn3nc(NCCCN4CCC(OC(c5ccccc5)c5ccccc5)CC4)ccc3n2)CCCC1. The van der Waals surface area contributed by atoms with Crippen LogP contribution >= 0.6 is 0 Å². The fourth-order valence-electron chi connectivity index (χ4n) is 6.66. The number of anilines is 1.